The zero-order valence-electron chi connectivity index (χ0n) is 12.8. The highest BCUT2D eigenvalue weighted by Gasteiger charge is 2.34. The molecule has 0 aliphatic heterocycles. The van der Waals surface area contributed by atoms with Crippen molar-refractivity contribution in [1.29, 1.82) is 0 Å². The fourth-order valence-corrected chi connectivity index (χ4v) is 2.68. The molecule has 2 N–H and O–H groups in total. The van der Waals surface area contributed by atoms with Gasteiger partial charge < -0.3 is 10.3 Å². The summed E-state index contributed by atoms with van der Waals surface area (Å²) in [6.07, 6.45) is 2.44. The van der Waals surface area contributed by atoms with Crippen LogP contribution in [0.1, 0.15) is 51.0 Å². The molecule has 0 radical (unpaired) electrons. The number of nitrogens with two attached hydrogens (primary N) is 1. The average molecular weight is 269 g/mol. The molecule has 2 aromatic rings. The van der Waals surface area contributed by atoms with Crippen LogP contribution in [0.4, 0.5) is 5.82 Å². The van der Waals surface area contributed by atoms with E-state index in [9.17, 15) is 0 Å². The Bertz CT molecular complexity index is 643. The molecule has 1 aromatic carbocycles. The summed E-state index contributed by atoms with van der Waals surface area (Å²) in [5.41, 5.74) is 9.73. The van der Waals surface area contributed by atoms with Crippen LogP contribution in [0.3, 0.4) is 0 Å². The number of aromatic nitrogens is 2. The van der Waals surface area contributed by atoms with E-state index in [1.807, 2.05) is 0 Å². The quantitative estimate of drug-likeness (QED) is 0.893. The molecule has 0 saturated heterocycles. The van der Waals surface area contributed by atoms with Gasteiger partial charge in [0, 0.05) is 17.0 Å². The Morgan fingerprint density at radius 1 is 1.25 bits per heavy atom. The number of aryl methyl sites for hydroxylation is 1. The second-order valence-corrected chi connectivity index (χ2v) is 6.89. The predicted octanol–water partition coefficient (Wildman–Crippen LogP) is 4.07. The summed E-state index contributed by atoms with van der Waals surface area (Å²) in [7, 11) is 0. The second-order valence-electron chi connectivity index (χ2n) is 6.89. The summed E-state index contributed by atoms with van der Waals surface area (Å²) in [5.74, 6) is 1.93. The molecule has 1 aliphatic carbocycles. The third-order valence-electron chi connectivity index (χ3n) is 3.82. The van der Waals surface area contributed by atoms with Crippen LogP contribution < -0.4 is 5.73 Å². The van der Waals surface area contributed by atoms with E-state index in [2.05, 4.69) is 56.5 Å². The first kappa shape index (κ1) is 13.2. The lowest BCUT2D eigenvalue weighted by Gasteiger charge is -2.20. The monoisotopic (exact) mass is 269 g/mol. The summed E-state index contributed by atoms with van der Waals surface area (Å²) in [6, 6.07) is 8.96. The van der Waals surface area contributed by atoms with E-state index in [0.29, 0.717) is 6.04 Å². The van der Waals surface area contributed by atoms with Crippen LogP contribution in [-0.2, 0) is 5.41 Å². The molecule has 0 unspecified atom stereocenters. The second kappa shape index (κ2) is 4.37. The third kappa shape index (κ3) is 2.21. The van der Waals surface area contributed by atoms with Crippen molar-refractivity contribution in [3.05, 3.63) is 35.7 Å². The molecule has 3 rings (SSSR count). The fourth-order valence-electron chi connectivity index (χ4n) is 2.68. The zero-order chi connectivity index (χ0) is 14.5. The molecule has 106 valence electrons. The molecule has 0 spiro atoms. The SMILES string of the molecule is Cc1cccc(-c2nc(C(C)(C)C)n(C3CC3)c2N)c1. The van der Waals surface area contributed by atoms with Gasteiger partial charge in [-0.15, -0.1) is 0 Å². The van der Waals surface area contributed by atoms with Gasteiger partial charge in [-0.3, -0.25) is 0 Å². The van der Waals surface area contributed by atoms with E-state index in [-0.39, 0.29) is 5.41 Å². The topological polar surface area (TPSA) is 43.8 Å². The van der Waals surface area contributed by atoms with E-state index < -0.39 is 0 Å². The molecule has 3 heteroatoms. The van der Waals surface area contributed by atoms with Crippen LogP contribution >= 0.6 is 0 Å². The molecule has 1 aromatic heterocycles. The van der Waals surface area contributed by atoms with E-state index in [4.69, 9.17) is 10.7 Å². The van der Waals surface area contributed by atoms with Gasteiger partial charge in [0.2, 0.25) is 0 Å². The van der Waals surface area contributed by atoms with E-state index in [1.54, 1.807) is 0 Å². The van der Waals surface area contributed by atoms with Crippen LogP contribution in [-0.4, -0.2) is 9.55 Å². The maximum Gasteiger partial charge on any atom is 0.132 e. The number of nitrogen functional groups attached to an aromatic ring is 1. The van der Waals surface area contributed by atoms with Gasteiger partial charge in [-0.05, 0) is 25.8 Å². The maximum atomic E-state index is 6.42. The van der Waals surface area contributed by atoms with Crippen molar-refractivity contribution in [3.63, 3.8) is 0 Å². The minimum atomic E-state index is 0.0127. The summed E-state index contributed by atoms with van der Waals surface area (Å²) in [5, 5.41) is 0. The van der Waals surface area contributed by atoms with Crippen LogP contribution in [0, 0.1) is 6.92 Å². The van der Waals surface area contributed by atoms with Gasteiger partial charge in [-0.2, -0.15) is 0 Å². The lowest BCUT2D eigenvalue weighted by Crippen LogP contribution is -2.19. The normalized spacial score (nSPS) is 15.6. The summed E-state index contributed by atoms with van der Waals surface area (Å²) in [6.45, 7) is 8.71. The summed E-state index contributed by atoms with van der Waals surface area (Å²) in [4.78, 5) is 4.89. The Balaban J connectivity index is 2.18. The van der Waals surface area contributed by atoms with Crippen molar-refractivity contribution in [1.82, 2.24) is 9.55 Å². The molecule has 0 atom stereocenters. The number of benzene rings is 1. The maximum absolute atomic E-state index is 6.42. The van der Waals surface area contributed by atoms with Gasteiger partial charge in [-0.25, -0.2) is 4.98 Å². The van der Waals surface area contributed by atoms with Crippen LogP contribution in [0.25, 0.3) is 11.3 Å². The summed E-state index contributed by atoms with van der Waals surface area (Å²) < 4.78 is 2.26. The van der Waals surface area contributed by atoms with Crippen molar-refractivity contribution >= 4 is 5.82 Å². The Labute approximate surface area is 120 Å². The van der Waals surface area contributed by atoms with Crippen molar-refractivity contribution in [2.75, 3.05) is 5.73 Å². The number of rotatable bonds is 2. The van der Waals surface area contributed by atoms with Gasteiger partial charge in [0.1, 0.15) is 17.3 Å². The van der Waals surface area contributed by atoms with Crippen LogP contribution in [0.15, 0.2) is 24.3 Å². The fraction of sp³-hybridized carbons (Fsp3) is 0.471. The molecule has 1 saturated carbocycles. The Morgan fingerprint density at radius 3 is 2.50 bits per heavy atom. The molecule has 1 aliphatic rings. The van der Waals surface area contributed by atoms with Crippen molar-refractivity contribution < 1.29 is 0 Å². The minimum absolute atomic E-state index is 0.0127. The summed E-state index contributed by atoms with van der Waals surface area (Å²) >= 11 is 0. The predicted molar refractivity (Wildman–Crippen MR) is 83.8 cm³/mol. The van der Waals surface area contributed by atoms with Gasteiger partial charge in [0.25, 0.3) is 0 Å². The first-order chi connectivity index (χ1) is 9.38. The lowest BCUT2D eigenvalue weighted by atomic mass is 9.95. The number of anilines is 1. The van der Waals surface area contributed by atoms with Gasteiger partial charge in [0.05, 0.1) is 0 Å². The molecule has 3 nitrogen and oxygen atoms in total. The molecule has 1 heterocycles. The first-order valence-corrected chi connectivity index (χ1v) is 7.33. The smallest absolute Gasteiger partial charge is 0.132 e. The highest BCUT2D eigenvalue weighted by Crippen LogP contribution is 2.43. The van der Waals surface area contributed by atoms with E-state index in [1.165, 1.54) is 18.4 Å². The molecule has 1 fully saturated rings. The van der Waals surface area contributed by atoms with Crippen molar-refractivity contribution in [2.24, 2.45) is 0 Å². The Kier molecular flexibility index (Phi) is 2.89. The Morgan fingerprint density at radius 2 is 1.95 bits per heavy atom. The highest BCUT2D eigenvalue weighted by atomic mass is 15.2. The van der Waals surface area contributed by atoms with Crippen molar-refractivity contribution in [2.45, 2.75) is 52.0 Å². The van der Waals surface area contributed by atoms with Gasteiger partial charge >= 0.3 is 0 Å². The molecular formula is C17H23N3. The molecule has 0 bridgehead atoms. The molecular weight excluding hydrogens is 246 g/mol. The zero-order valence-corrected chi connectivity index (χ0v) is 12.8. The van der Waals surface area contributed by atoms with Crippen molar-refractivity contribution in [3.8, 4) is 11.3 Å². The van der Waals surface area contributed by atoms with Crippen LogP contribution in [0.2, 0.25) is 0 Å². The van der Waals surface area contributed by atoms with E-state index in [0.717, 1.165) is 22.9 Å². The molecule has 0 amide bonds. The van der Waals surface area contributed by atoms with E-state index >= 15 is 0 Å². The number of nitrogens with zero attached hydrogens (tertiary/aromatic N) is 2. The number of hydrogen-bond acceptors (Lipinski definition) is 2. The third-order valence-corrected chi connectivity index (χ3v) is 3.82. The number of hydrogen-bond donors (Lipinski definition) is 1. The first-order valence-electron chi connectivity index (χ1n) is 7.33. The van der Waals surface area contributed by atoms with Gasteiger partial charge in [0.15, 0.2) is 0 Å². The standard InChI is InChI=1S/C17H23N3/c1-11-6-5-7-12(10-11)14-15(18)20(13-8-9-13)16(19-14)17(2,3)4/h5-7,10,13H,8-9,18H2,1-4H3. The van der Waals surface area contributed by atoms with Crippen LogP contribution in [0.5, 0.6) is 0 Å². The largest absolute Gasteiger partial charge is 0.383 e. The average Bonchev–Trinajstić information content (AvgIpc) is 3.11. The number of imidazole rings is 1. The Hall–Kier alpha value is -1.77. The molecule has 20 heavy (non-hydrogen) atoms. The minimum Gasteiger partial charge on any atom is -0.383 e. The highest BCUT2D eigenvalue weighted by molar-refractivity contribution is 5.72. The van der Waals surface area contributed by atoms with Gasteiger partial charge in [-0.1, -0.05) is 44.5 Å². The lowest BCUT2D eigenvalue weighted by molar-refractivity contribution is 0.504.